The third-order valence-corrected chi connectivity index (χ3v) is 5.03. The van der Waals surface area contributed by atoms with E-state index in [2.05, 4.69) is 39.4 Å². The molecule has 0 unspecified atom stereocenters. The van der Waals surface area contributed by atoms with Gasteiger partial charge in [-0.3, -0.25) is 14.4 Å². The Kier molecular flexibility index (Phi) is 24.3. The molecule has 0 bridgehead atoms. The summed E-state index contributed by atoms with van der Waals surface area (Å²) in [5, 5.41) is 0. The maximum Gasteiger partial charge on any atom is 0.327 e. The minimum Gasteiger partial charge on any atom is -0.465 e. The Morgan fingerprint density at radius 2 is 1.00 bits per heavy atom. The van der Waals surface area contributed by atoms with Crippen LogP contribution < -0.4 is 5.73 Å². The lowest BCUT2D eigenvalue weighted by Gasteiger charge is -2.17. The standard InChI is InChI=1S/C15H30O2.C12H23NO3/c1-5-6-7-8-9-10-11-12-14(16)17-13-15(2,3)4;1-2-3-4-5-6-7-8-9-11(14)16-12(15)10-13/h5-13H2,1-4H3;2-10,13H2,1H3. The van der Waals surface area contributed by atoms with Crippen LogP contribution in [-0.2, 0) is 23.9 Å². The molecule has 0 atom stereocenters. The van der Waals surface area contributed by atoms with Gasteiger partial charge in [-0.15, -0.1) is 0 Å². The van der Waals surface area contributed by atoms with Crippen LogP contribution in [0.15, 0.2) is 0 Å². The van der Waals surface area contributed by atoms with Crippen molar-refractivity contribution in [1.82, 2.24) is 0 Å². The summed E-state index contributed by atoms with van der Waals surface area (Å²) in [6, 6.07) is 0. The smallest absolute Gasteiger partial charge is 0.327 e. The number of rotatable bonds is 18. The average Bonchev–Trinajstić information content (AvgIpc) is 2.76. The first-order chi connectivity index (χ1) is 15.7. The summed E-state index contributed by atoms with van der Waals surface area (Å²) < 4.78 is 9.65. The highest BCUT2D eigenvalue weighted by Gasteiger charge is 2.13. The summed E-state index contributed by atoms with van der Waals surface area (Å²) in [5.74, 6) is -1.13. The predicted molar refractivity (Wildman–Crippen MR) is 136 cm³/mol. The molecule has 0 saturated heterocycles. The van der Waals surface area contributed by atoms with E-state index < -0.39 is 11.9 Å². The number of hydrogen-bond donors (Lipinski definition) is 1. The van der Waals surface area contributed by atoms with Gasteiger partial charge in [0.25, 0.3) is 0 Å². The Labute approximate surface area is 203 Å². The molecule has 0 amide bonds. The molecular formula is C27H53NO5. The van der Waals surface area contributed by atoms with Gasteiger partial charge in [0.2, 0.25) is 0 Å². The maximum absolute atomic E-state index is 11.4. The van der Waals surface area contributed by atoms with Crippen molar-refractivity contribution in [2.24, 2.45) is 11.1 Å². The molecular weight excluding hydrogens is 418 g/mol. The number of nitrogens with two attached hydrogens (primary N) is 1. The second-order valence-electron chi connectivity index (χ2n) is 10.0. The summed E-state index contributed by atoms with van der Waals surface area (Å²) in [4.78, 5) is 33.1. The topological polar surface area (TPSA) is 95.7 Å². The monoisotopic (exact) mass is 471 g/mol. The van der Waals surface area contributed by atoms with Crippen LogP contribution in [0, 0.1) is 5.41 Å². The van der Waals surface area contributed by atoms with E-state index in [-0.39, 0.29) is 17.9 Å². The highest BCUT2D eigenvalue weighted by Crippen LogP contribution is 2.14. The van der Waals surface area contributed by atoms with Crippen molar-refractivity contribution in [3.63, 3.8) is 0 Å². The number of esters is 3. The molecule has 0 aliphatic rings. The quantitative estimate of drug-likeness (QED) is 0.133. The van der Waals surface area contributed by atoms with Gasteiger partial charge in [0.1, 0.15) is 0 Å². The van der Waals surface area contributed by atoms with Crippen molar-refractivity contribution >= 4 is 17.9 Å². The molecule has 2 N–H and O–H groups in total. The van der Waals surface area contributed by atoms with Gasteiger partial charge < -0.3 is 15.2 Å². The molecule has 0 fully saturated rings. The van der Waals surface area contributed by atoms with Gasteiger partial charge in [-0.05, 0) is 18.3 Å². The van der Waals surface area contributed by atoms with Crippen LogP contribution in [-0.4, -0.2) is 31.1 Å². The van der Waals surface area contributed by atoms with Crippen molar-refractivity contribution in [1.29, 1.82) is 0 Å². The van der Waals surface area contributed by atoms with E-state index in [0.717, 1.165) is 32.1 Å². The van der Waals surface area contributed by atoms with E-state index in [1.165, 1.54) is 57.8 Å². The van der Waals surface area contributed by atoms with Crippen molar-refractivity contribution < 1.29 is 23.9 Å². The molecule has 0 aliphatic carbocycles. The number of unbranched alkanes of at least 4 members (excludes halogenated alkanes) is 12. The number of hydrogen-bond acceptors (Lipinski definition) is 6. The Bertz CT molecular complexity index is 485. The lowest BCUT2D eigenvalue weighted by atomic mass is 9.99. The molecule has 33 heavy (non-hydrogen) atoms. The van der Waals surface area contributed by atoms with Gasteiger partial charge in [0.15, 0.2) is 0 Å². The minimum atomic E-state index is -0.645. The van der Waals surface area contributed by atoms with Crippen molar-refractivity contribution in [3.8, 4) is 0 Å². The third kappa shape index (κ3) is 30.6. The Balaban J connectivity index is 0. The predicted octanol–water partition coefficient (Wildman–Crippen LogP) is 6.87. The van der Waals surface area contributed by atoms with E-state index in [1.807, 2.05) is 0 Å². The fourth-order valence-electron chi connectivity index (χ4n) is 3.04. The van der Waals surface area contributed by atoms with E-state index in [0.29, 0.717) is 19.4 Å². The zero-order chi connectivity index (χ0) is 25.4. The summed E-state index contributed by atoms with van der Waals surface area (Å²) in [6.07, 6.45) is 17.6. The molecule has 0 aromatic rings. The molecule has 0 aromatic heterocycles. The van der Waals surface area contributed by atoms with Crippen LogP contribution in [0.3, 0.4) is 0 Å². The van der Waals surface area contributed by atoms with Crippen LogP contribution in [0.1, 0.15) is 137 Å². The fraction of sp³-hybridized carbons (Fsp3) is 0.889. The van der Waals surface area contributed by atoms with E-state index in [1.54, 1.807) is 0 Å². The second kappa shape index (κ2) is 23.7. The molecule has 0 spiro atoms. The summed E-state index contributed by atoms with van der Waals surface area (Å²) in [6.45, 7) is 10.9. The number of carbonyl (C=O) groups is 3. The van der Waals surface area contributed by atoms with Crippen LogP contribution in [0.4, 0.5) is 0 Å². The van der Waals surface area contributed by atoms with E-state index in [9.17, 15) is 14.4 Å². The highest BCUT2D eigenvalue weighted by atomic mass is 16.6. The first-order valence-electron chi connectivity index (χ1n) is 13.3. The number of ether oxygens (including phenoxy) is 2. The normalized spacial score (nSPS) is 10.8. The van der Waals surface area contributed by atoms with Crippen molar-refractivity contribution in [2.45, 2.75) is 137 Å². The Morgan fingerprint density at radius 3 is 1.39 bits per heavy atom. The summed E-state index contributed by atoms with van der Waals surface area (Å²) in [5.41, 5.74) is 5.10. The molecule has 0 aromatic carbocycles. The SMILES string of the molecule is CCCCCCCCCC(=O)OC(=O)CN.CCCCCCCCCC(=O)OCC(C)(C)C. The molecule has 0 radical (unpaired) electrons. The largest absolute Gasteiger partial charge is 0.465 e. The zero-order valence-electron chi connectivity index (χ0n) is 22.3. The lowest BCUT2D eigenvalue weighted by molar-refractivity contribution is -0.158. The van der Waals surface area contributed by atoms with Crippen molar-refractivity contribution in [2.75, 3.05) is 13.2 Å². The van der Waals surface area contributed by atoms with Crippen LogP contribution in [0.2, 0.25) is 0 Å². The van der Waals surface area contributed by atoms with Crippen LogP contribution in [0.5, 0.6) is 0 Å². The molecule has 6 nitrogen and oxygen atoms in total. The first kappa shape index (κ1) is 33.7. The van der Waals surface area contributed by atoms with Crippen LogP contribution in [0.25, 0.3) is 0 Å². The molecule has 0 rings (SSSR count). The second-order valence-corrected chi connectivity index (χ2v) is 10.0. The van der Waals surface area contributed by atoms with Gasteiger partial charge in [0.05, 0.1) is 13.2 Å². The third-order valence-electron chi connectivity index (χ3n) is 5.03. The fourth-order valence-corrected chi connectivity index (χ4v) is 3.04. The molecule has 196 valence electrons. The van der Waals surface area contributed by atoms with E-state index in [4.69, 9.17) is 10.5 Å². The first-order valence-corrected chi connectivity index (χ1v) is 13.3. The van der Waals surface area contributed by atoms with Gasteiger partial charge in [0, 0.05) is 12.8 Å². The summed E-state index contributed by atoms with van der Waals surface area (Å²) in [7, 11) is 0. The maximum atomic E-state index is 11.4. The van der Waals surface area contributed by atoms with Gasteiger partial charge >= 0.3 is 17.9 Å². The molecule has 0 aliphatic heterocycles. The van der Waals surface area contributed by atoms with E-state index >= 15 is 0 Å². The van der Waals surface area contributed by atoms with Crippen LogP contribution >= 0.6 is 0 Å². The molecule has 6 heteroatoms. The summed E-state index contributed by atoms with van der Waals surface area (Å²) >= 11 is 0. The highest BCUT2D eigenvalue weighted by molar-refractivity contribution is 5.86. The Morgan fingerprint density at radius 1 is 0.606 bits per heavy atom. The van der Waals surface area contributed by atoms with Gasteiger partial charge in [-0.1, -0.05) is 112 Å². The number of carbonyl (C=O) groups excluding carboxylic acids is 3. The Hall–Kier alpha value is -1.43. The van der Waals surface area contributed by atoms with Gasteiger partial charge in [-0.25, -0.2) is 0 Å². The molecule has 0 heterocycles. The average molecular weight is 472 g/mol. The minimum absolute atomic E-state index is 0.0338. The lowest BCUT2D eigenvalue weighted by Crippen LogP contribution is -2.20. The van der Waals surface area contributed by atoms with Crippen molar-refractivity contribution in [3.05, 3.63) is 0 Å². The zero-order valence-corrected chi connectivity index (χ0v) is 22.3. The van der Waals surface area contributed by atoms with Gasteiger partial charge in [-0.2, -0.15) is 0 Å². The molecule has 0 saturated carbocycles.